The van der Waals surface area contributed by atoms with Crippen LogP contribution < -0.4 is 4.57 Å². The highest BCUT2D eigenvalue weighted by atomic mass is 32.2. The predicted molar refractivity (Wildman–Crippen MR) is 71.2 cm³/mol. The summed E-state index contributed by atoms with van der Waals surface area (Å²) in [6.07, 6.45) is -1.75. The first kappa shape index (κ1) is 25.5. The summed E-state index contributed by atoms with van der Waals surface area (Å²) < 4.78 is 140. The van der Waals surface area contributed by atoms with E-state index in [1.54, 1.807) is 0 Å². The summed E-state index contributed by atoms with van der Waals surface area (Å²) >= 11 is 0. The summed E-state index contributed by atoms with van der Waals surface area (Å²) in [6.45, 7) is 5.46. The summed E-state index contributed by atoms with van der Waals surface area (Å²) in [5.74, 6) is -13.5. The van der Waals surface area contributed by atoms with E-state index in [0.29, 0.717) is 0 Å². The molecule has 5 nitrogen and oxygen atoms in total. The minimum absolute atomic E-state index is 1.13. The monoisotopic (exact) mass is 438 g/mol. The molecule has 0 aliphatic carbocycles. The Kier molecular flexibility index (Phi) is 7.41. The van der Waals surface area contributed by atoms with E-state index in [9.17, 15) is 52.5 Å². The Bertz CT molecular complexity index is 742. The second-order valence-electron chi connectivity index (χ2n) is 5.27. The zero-order valence-corrected chi connectivity index (χ0v) is 14.8. The largest absolute Gasteiger partial charge is 0.743 e. The van der Waals surface area contributed by atoms with E-state index in [4.69, 9.17) is 0 Å². The van der Waals surface area contributed by atoms with Gasteiger partial charge in [0.05, 0.1) is 13.6 Å². The van der Waals surface area contributed by atoms with Gasteiger partial charge in [0, 0.05) is 6.92 Å². The zero-order chi connectivity index (χ0) is 22.1. The molecule has 0 bridgehead atoms. The van der Waals surface area contributed by atoms with E-state index in [1.165, 1.54) is 12.2 Å². The highest BCUT2D eigenvalue weighted by Crippen LogP contribution is 2.54. The zero-order valence-electron chi connectivity index (χ0n) is 14.0. The number of rotatable bonds is 5. The molecular formula is C12H15F9N2O3S. The molecule has 160 valence electrons. The van der Waals surface area contributed by atoms with Gasteiger partial charge in [0.15, 0.2) is 10.1 Å². The van der Waals surface area contributed by atoms with Crippen molar-refractivity contribution in [3.8, 4) is 0 Å². The lowest BCUT2D eigenvalue weighted by Crippen LogP contribution is -2.63. The van der Waals surface area contributed by atoms with Gasteiger partial charge in [-0.15, -0.1) is 0 Å². The van der Waals surface area contributed by atoms with E-state index in [2.05, 4.69) is 42.4 Å². The normalized spacial score (nSPS) is 14.0. The molecule has 1 aromatic rings. The number of nitrogens with zero attached hydrogens (tertiary/aromatic N) is 2. The smallest absolute Gasteiger partial charge is 0.460 e. The van der Waals surface area contributed by atoms with Gasteiger partial charge in [0.2, 0.25) is 0 Å². The molecule has 0 spiro atoms. The molecule has 1 heterocycles. The Hall–Kier alpha value is -1.51. The molecule has 0 aliphatic rings. The van der Waals surface area contributed by atoms with Crippen molar-refractivity contribution >= 4 is 10.1 Å². The maximum absolute atomic E-state index is 12.2. The lowest BCUT2D eigenvalue weighted by atomic mass is 10.1. The van der Waals surface area contributed by atoms with Crippen LogP contribution in [0.25, 0.3) is 0 Å². The molecule has 1 aromatic heterocycles. The third-order valence-electron chi connectivity index (χ3n) is 3.29. The van der Waals surface area contributed by atoms with Gasteiger partial charge >= 0.3 is 23.3 Å². The van der Waals surface area contributed by atoms with Crippen molar-refractivity contribution in [2.24, 2.45) is 7.05 Å². The van der Waals surface area contributed by atoms with Gasteiger partial charge in [-0.1, -0.05) is 6.92 Å². The average Bonchev–Trinajstić information content (AvgIpc) is 2.77. The summed E-state index contributed by atoms with van der Waals surface area (Å²) in [7, 11) is -5.35. The van der Waals surface area contributed by atoms with Gasteiger partial charge in [-0.05, 0) is 6.42 Å². The third kappa shape index (κ3) is 4.86. The summed E-state index contributed by atoms with van der Waals surface area (Å²) in [5, 5.41) is -7.11. The van der Waals surface area contributed by atoms with Crippen molar-refractivity contribution in [3.05, 3.63) is 18.2 Å². The molecule has 0 aromatic carbocycles. The van der Waals surface area contributed by atoms with E-state index in [0.717, 1.165) is 6.54 Å². The maximum atomic E-state index is 12.2. The van der Waals surface area contributed by atoms with Crippen LogP contribution in [-0.2, 0) is 23.7 Å². The van der Waals surface area contributed by atoms with Crippen LogP contribution in [0.5, 0.6) is 0 Å². The predicted octanol–water partition coefficient (Wildman–Crippen LogP) is 2.99. The highest BCUT2D eigenvalue weighted by Gasteiger charge is 2.83. The number of hydrogen-bond acceptors (Lipinski definition) is 3. The molecule has 15 heteroatoms. The summed E-state index contributed by atoms with van der Waals surface area (Å²) in [5.41, 5.74) is 0. The molecular weight excluding hydrogens is 423 g/mol. The van der Waals surface area contributed by atoms with Gasteiger partial charge < -0.3 is 4.55 Å². The van der Waals surface area contributed by atoms with Crippen LogP contribution in [0, 0.1) is 6.92 Å². The summed E-state index contributed by atoms with van der Waals surface area (Å²) in [6, 6.07) is 0. The SMILES string of the molecule is CCCn1cc[n+](C)c1C.O=S(=O)([O-])C(F)(F)C(F)(F)C(F)(F)C(F)(F)F. The van der Waals surface area contributed by atoms with Crippen molar-refractivity contribution in [3.63, 3.8) is 0 Å². The average molecular weight is 438 g/mol. The molecule has 0 fully saturated rings. The topological polar surface area (TPSA) is 66.0 Å². The number of aryl methyl sites for hydroxylation is 2. The van der Waals surface area contributed by atoms with Gasteiger partial charge in [0.1, 0.15) is 12.4 Å². The standard InChI is InChI=1S/C8H15N2.C4HF9O3S/c1-4-5-10-7-6-9(3)8(10)2;5-1(6,3(9,10)11)2(7,8)4(12,13)17(14,15)16/h6-7H,4-5H2,1-3H3;(H,14,15,16)/q+1;/p-1. The first-order valence-corrected chi connectivity index (χ1v) is 8.33. The van der Waals surface area contributed by atoms with Crippen LogP contribution in [0.1, 0.15) is 19.2 Å². The highest BCUT2D eigenvalue weighted by molar-refractivity contribution is 7.86. The van der Waals surface area contributed by atoms with Crippen LogP contribution in [0.15, 0.2) is 12.4 Å². The summed E-state index contributed by atoms with van der Waals surface area (Å²) in [4.78, 5) is 0. The molecule has 1 rings (SSSR count). The van der Waals surface area contributed by atoms with E-state index in [-0.39, 0.29) is 0 Å². The number of halogens is 9. The fourth-order valence-corrected chi connectivity index (χ4v) is 2.04. The molecule has 27 heavy (non-hydrogen) atoms. The van der Waals surface area contributed by atoms with Crippen LogP contribution in [0.2, 0.25) is 0 Å². The molecule has 0 atom stereocenters. The lowest BCUT2D eigenvalue weighted by Gasteiger charge is -2.34. The van der Waals surface area contributed by atoms with E-state index in [1.807, 2.05) is 0 Å². The fourth-order valence-electron chi connectivity index (χ4n) is 1.59. The van der Waals surface area contributed by atoms with Gasteiger partial charge in [-0.3, -0.25) is 0 Å². The second kappa shape index (κ2) is 7.85. The molecule has 0 amide bonds. The Morgan fingerprint density at radius 2 is 1.48 bits per heavy atom. The maximum Gasteiger partial charge on any atom is 0.460 e. The van der Waals surface area contributed by atoms with Crippen LogP contribution >= 0.6 is 0 Å². The number of alkyl halides is 9. The van der Waals surface area contributed by atoms with Crippen molar-refractivity contribution in [2.75, 3.05) is 0 Å². The first-order valence-electron chi connectivity index (χ1n) is 6.92. The number of hydrogen-bond donors (Lipinski definition) is 0. The minimum atomic E-state index is -7.43. The van der Waals surface area contributed by atoms with Crippen molar-refractivity contribution in [2.45, 2.75) is 50.1 Å². The molecule has 0 saturated carbocycles. The number of imidazole rings is 1. The fraction of sp³-hybridized carbons (Fsp3) is 0.750. The lowest BCUT2D eigenvalue weighted by molar-refractivity contribution is -0.677. The van der Waals surface area contributed by atoms with Gasteiger partial charge in [-0.25, -0.2) is 17.6 Å². The van der Waals surface area contributed by atoms with Crippen LogP contribution in [-0.4, -0.2) is 40.8 Å². The number of aromatic nitrogens is 2. The third-order valence-corrected chi connectivity index (χ3v) is 4.18. The van der Waals surface area contributed by atoms with E-state index < -0.39 is 33.4 Å². The molecule has 0 radical (unpaired) electrons. The van der Waals surface area contributed by atoms with Gasteiger partial charge in [-0.2, -0.15) is 39.5 Å². The van der Waals surface area contributed by atoms with Crippen molar-refractivity contribution in [1.82, 2.24) is 4.57 Å². The Balaban J connectivity index is 0.000000569. The Morgan fingerprint density at radius 1 is 1.04 bits per heavy atom. The van der Waals surface area contributed by atoms with Crippen LogP contribution in [0.4, 0.5) is 39.5 Å². The van der Waals surface area contributed by atoms with Crippen LogP contribution in [0.3, 0.4) is 0 Å². The molecule has 0 unspecified atom stereocenters. The van der Waals surface area contributed by atoms with Crippen molar-refractivity contribution < 1.29 is 57.1 Å². The molecule has 0 N–H and O–H groups in total. The second-order valence-corrected chi connectivity index (χ2v) is 6.69. The van der Waals surface area contributed by atoms with E-state index >= 15 is 0 Å². The van der Waals surface area contributed by atoms with Crippen molar-refractivity contribution in [1.29, 1.82) is 0 Å². The van der Waals surface area contributed by atoms with Gasteiger partial charge in [0.25, 0.3) is 5.82 Å². The first-order chi connectivity index (χ1) is 11.8. The quantitative estimate of drug-likeness (QED) is 0.404. The molecule has 0 aliphatic heterocycles. The Labute approximate surface area is 148 Å². The Morgan fingerprint density at radius 3 is 1.74 bits per heavy atom. The molecule has 0 saturated heterocycles. The minimum Gasteiger partial charge on any atom is -0.743 e.